The third-order valence-electron chi connectivity index (χ3n) is 1.19. The van der Waals surface area contributed by atoms with Crippen molar-refractivity contribution in [2.24, 2.45) is 0 Å². The molecule has 0 saturated carbocycles. The summed E-state index contributed by atoms with van der Waals surface area (Å²) in [6.07, 6.45) is 3.53. The standard InChI is InChI=1S/C6H4Br.C6H10N.Y/c7-6-4-2-1-3-5-6;1-3-5-7-6-4-2;/h1-4H;3-4H,1-2,5-6H2;/q2*-1;. The minimum absolute atomic E-state index is 0. The Hall–Kier alpha value is 0.244. The van der Waals surface area contributed by atoms with Gasteiger partial charge in [0.25, 0.3) is 0 Å². The van der Waals surface area contributed by atoms with Gasteiger partial charge in [0.2, 0.25) is 0 Å². The third kappa shape index (κ3) is 14.2. The summed E-state index contributed by atoms with van der Waals surface area (Å²) >= 11 is 3.26. The molecule has 0 aliphatic carbocycles. The first-order valence-corrected chi connectivity index (χ1v) is 5.07. The minimum Gasteiger partial charge on any atom is -0.656 e. The maximum absolute atomic E-state index is 3.97. The number of benzene rings is 1. The summed E-state index contributed by atoms with van der Waals surface area (Å²) in [5.41, 5.74) is 0. The van der Waals surface area contributed by atoms with E-state index in [1.165, 1.54) is 0 Å². The first-order valence-electron chi connectivity index (χ1n) is 4.28. The molecule has 15 heavy (non-hydrogen) atoms. The van der Waals surface area contributed by atoms with Crippen molar-refractivity contribution in [3.63, 3.8) is 0 Å². The summed E-state index contributed by atoms with van der Waals surface area (Å²) in [6.45, 7) is 8.49. The SMILES string of the molecule is Brc1[c-]cccc1.C=CC[N-]CC=C.[Y]. The second kappa shape index (κ2) is 14.2. The molecule has 0 saturated heterocycles. The Morgan fingerprint density at radius 1 is 1.27 bits per heavy atom. The summed E-state index contributed by atoms with van der Waals surface area (Å²) in [5.74, 6) is 0. The van der Waals surface area contributed by atoms with Gasteiger partial charge in [-0.2, -0.15) is 30.3 Å². The molecule has 0 amide bonds. The number of nitrogens with zero attached hydrogens (tertiary/aromatic N) is 1. The fourth-order valence-electron chi connectivity index (χ4n) is 0.629. The van der Waals surface area contributed by atoms with Crippen LogP contribution in [0.4, 0.5) is 0 Å². The molecule has 1 rings (SSSR count). The van der Waals surface area contributed by atoms with Gasteiger partial charge < -0.3 is 5.32 Å². The zero-order valence-electron chi connectivity index (χ0n) is 8.70. The quantitative estimate of drug-likeness (QED) is 0.447. The minimum atomic E-state index is 0. The topological polar surface area (TPSA) is 14.1 Å². The molecule has 0 bridgehead atoms. The van der Waals surface area contributed by atoms with Crippen molar-refractivity contribution in [1.29, 1.82) is 0 Å². The molecule has 0 aromatic heterocycles. The van der Waals surface area contributed by atoms with Crippen LogP contribution in [0.25, 0.3) is 5.32 Å². The van der Waals surface area contributed by atoms with Gasteiger partial charge >= 0.3 is 0 Å². The molecule has 0 fully saturated rings. The van der Waals surface area contributed by atoms with E-state index in [2.05, 4.69) is 40.5 Å². The van der Waals surface area contributed by atoms with Crippen LogP contribution < -0.4 is 0 Å². The van der Waals surface area contributed by atoms with Crippen molar-refractivity contribution in [1.82, 2.24) is 0 Å². The molecule has 1 aromatic carbocycles. The van der Waals surface area contributed by atoms with Crippen LogP contribution in [0.2, 0.25) is 0 Å². The Balaban J connectivity index is 0. The molecular formula is C12H14BrNY-2. The van der Waals surface area contributed by atoms with Crippen molar-refractivity contribution in [3.8, 4) is 0 Å². The third-order valence-corrected chi connectivity index (χ3v) is 1.68. The largest absolute Gasteiger partial charge is 0.656 e. The number of hydrogen-bond donors (Lipinski definition) is 0. The smallest absolute Gasteiger partial charge is 0 e. The van der Waals surface area contributed by atoms with Crippen LogP contribution in [0.5, 0.6) is 0 Å². The first-order chi connectivity index (χ1) is 6.81. The molecule has 0 spiro atoms. The van der Waals surface area contributed by atoms with Crippen LogP contribution >= 0.6 is 15.9 Å². The van der Waals surface area contributed by atoms with Gasteiger partial charge in [-0.05, 0) is 0 Å². The van der Waals surface area contributed by atoms with Crippen LogP contribution in [0.1, 0.15) is 0 Å². The van der Waals surface area contributed by atoms with Crippen molar-refractivity contribution in [2.75, 3.05) is 13.1 Å². The predicted octanol–water partition coefficient (Wildman–Crippen LogP) is 3.98. The van der Waals surface area contributed by atoms with E-state index >= 15 is 0 Å². The van der Waals surface area contributed by atoms with Crippen LogP contribution in [0, 0.1) is 6.07 Å². The normalized spacial score (nSPS) is 7.80. The maximum atomic E-state index is 3.97. The molecule has 1 aromatic rings. The number of halogens is 1. The Morgan fingerprint density at radius 3 is 2.13 bits per heavy atom. The second-order valence-corrected chi connectivity index (χ2v) is 3.23. The Morgan fingerprint density at radius 2 is 1.87 bits per heavy atom. The zero-order valence-corrected chi connectivity index (χ0v) is 13.1. The van der Waals surface area contributed by atoms with Crippen LogP contribution in [0.15, 0.2) is 54.0 Å². The fourth-order valence-corrected chi connectivity index (χ4v) is 0.913. The van der Waals surface area contributed by atoms with Crippen LogP contribution in [-0.2, 0) is 32.7 Å². The molecule has 0 aliphatic heterocycles. The van der Waals surface area contributed by atoms with Gasteiger partial charge in [0.15, 0.2) is 0 Å². The van der Waals surface area contributed by atoms with Gasteiger partial charge in [-0.25, -0.2) is 0 Å². The number of hydrogen-bond acceptors (Lipinski definition) is 0. The molecule has 79 valence electrons. The van der Waals surface area contributed by atoms with E-state index in [4.69, 9.17) is 0 Å². The molecule has 0 N–H and O–H groups in total. The number of rotatable bonds is 4. The summed E-state index contributed by atoms with van der Waals surface area (Å²) in [6, 6.07) is 10.7. The monoisotopic (exact) mass is 340 g/mol. The van der Waals surface area contributed by atoms with E-state index in [9.17, 15) is 0 Å². The molecule has 0 heterocycles. The van der Waals surface area contributed by atoms with E-state index in [1.807, 2.05) is 24.3 Å². The summed E-state index contributed by atoms with van der Waals surface area (Å²) in [7, 11) is 0. The predicted molar refractivity (Wildman–Crippen MR) is 66.5 cm³/mol. The van der Waals surface area contributed by atoms with Gasteiger partial charge in [0.1, 0.15) is 0 Å². The second-order valence-electron chi connectivity index (χ2n) is 2.38. The molecule has 1 radical (unpaired) electrons. The van der Waals surface area contributed by atoms with Crippen molar-refractivity contribution >= 4 is 15.9 Å². The summed E-state index contributed by atoms with van der Waals surface area (Å²) in [4.78, 5) is 0. The first kappa shape index (κ1) is 17.6. The van der Waals surface area contributed by atoms with Crippen molar-refractivity contribution in [3.05, 3.63) is 65.4 Å². The van der Waals surface area contributed by atoms with E-state index in [-0.39, 0.29) is 32.7 Å². The van der Waals surface area contributed by atoms with Gasteiger partial charge in [-0.3, -0.25) is 0 Å². The van der Waals surface area contributed by atoms with Gasteiger partial charge in [0, 0.05) is 32.7 Å². The Bertz CT molecular complexity index is 241. The van der Waals surface area contributed by atoms with Crippen LogP contribution in [0.3, 0.4) is 0 Å². The average Bonchev–Trinajstić information content (AvgIpc) is 2.21. The van der Waals surface area contributed by atoms with Crippen LogP contribution in [-0.4, -0.2) is 13.1 Å². The molecule has 0 aliphatic rings. The molecule has 0 unspecified atom stereocenters. The fraction of sp³-hybridized carbons (Fsp3) is 0.167. The summed E-state index contributed by atoms with van der Waals surface area (Å²) < 4.78 is 1.01. The zero-order chi connectivity index (χ0) is 10.6. The van der Waals surface area contributed by atoms with E-state index in [0.29, 0.717) is 0 Å². The average molecular weight is 341 g/mol. The van der Waals surface area contributed by atoms with Gasteiger partial charge in [-0.1, -0.05) is 20.4 Å². The Kier molecular flexibility index (Phi) is 16.7. The molecule has 3 heteroatoms. The maximum Gasteiger partial charge on any atom is 0 e. The van der Waals surface area contributed by atoms with E-state index in [1.54, 1.807) is 12.2 Å². The van der Waals surface area contributed by atoms with Gasteiger partial charge in [-0.15, -0.1) is 38.4 Å². The van der Waals surface area contributed by atoms with E-state index < -0.39 is 0 Å². The molecular weight excluding hydrogens is 327 g/mol. The summed E-state index contributed by atoms with van der Waals surface area (Å²) in [5, 5.41) is 3.97. The van der Waals surface area contributed by atoms with Crippen molar-refractivity contribution in [2.45, 2.75) is 0 Å². The van der Waals surface area contributed by atoms with E-state index in [0.717, 1.165) is 17.6 Å². The van der Waals surface area contributed by atoms with Gasteiger partial charge in [0.05, 0.1) is 0 Å². The molecule has 1 nitrogen and oxygen atoms in total. The van der Waals surface area contributed by atoms with Crippen molar-refractivity contribution < 1.29 is 32.7 Å². The molecule has 0 atom stereocenters. The Labute approximate surface area is 126 Å².